The molecule has 0 fully saturated rings. The van der Waals surface area contributed by atoms with Crippen molar-refractivity contribution in [2.45, 2.75) is 12.5 Å². The number of rotatable bonds is 4. The van der Waals surface area contributed by atoms with Crippen LogP contribution in [0.25, 0.3) is 0 Å². The number of hydrogen-bond acceptors (Lipinski definition) is 3. The molecule has 72 valence electrons. The molecule has 1 rings (SSSR count). The minimum atomic E-state index is 0.206. The molecule has 1 aromatic heterocycles. The molecule has 0 saturated carbocycles. The summed E-state index contributed by atoms with van der Waals surface area (Å²) in [6.07, 6.45) is 4.52. The minimum Gasteiger partial charge on any atom is -0.326 e. The van der Waals surface area contributed by atoms with Crippen LogP contribution in [-0.2, 0) is 6.42 Å². The van der Waals surface area contributed by atoms with Gasteiger partial charge in [0.1, 0.15) is 0 Å². The Kier molecular flexibility index (Phi) is 3.86. The van der Waals surface area contributed by atoms with Gasteiger partial charge < -0.3 is 10.6 Å². The second-order valence-corrected chi connectivity index (χ2v) is 3.58. The maximum absolute atomic E-state index is 5.94. The van der Waals surface area contributed by atoms with Gasteiger partial charge in [0.15, 0.2) is 0 Å². The molecule has 1 heterocycles. The maximum Gasteiger partial charge on any atom is 0.0270 e. The van der Waals surface area contributed by atoms with Gasteiger partial charge in [-0.2, -0.15) is 0 Å². The zero-order valence-electron chi connectivity index (χ0n) is 8.27. The van der Waals surface area contributed by atoms with E-state index >= 15 is 0 Å². The highest BCUT2D eigenvalue weighted by Crippen LogP contribution is 2.00. The molecule has 3 nitrogen and oxygen atoms in total. The lowest BCUT2D eigenvalue weighted by Crippen LogP contribution is -2.34. The Morgan fingerprint density at radius 3 is 2.54 bits per heavy atom. The van der Waals surface area contributed by atoms with E-state index in [2.05, 4.69) is 9.88 Å². The van der Waals surface area contributed by atoms with Gasteiger partial charge in [0, 0.05) is 25.0 Å². The van der Waals surface area contributed by atoms with Gasteiger partial charge in [-0.05, 0) is 38.2 Å². The molecule has 0 radical (unpaired) electrons. The van der Waals surface area contributed by atoms with Gasteiger partial charge in [-0.25, -0.2) is 0 Å². The minimum absolute atomic E-state index is 0.206. The van der Waals surface area contributed by atoms with Crippen molar-refractivity contribution < 1.29 is 0 Å². The third-order valence-corrected chi connectivity index (χ3v) is 1.85. The summed E-state index contributed by atoms with van der Waals surface area (Å²) in [5.41, 5.74) is 7.20. The quantitative estimate of drug-likeness (QED) is 0.732. The Hall–Kier alpha value is -0.930. The van der Waals surface area contributed by atoms with Crippen molar-refractivity contribution in [1.82, 2.24) is 9.88 Å². The summed E-state index contributed by atoms with van der Waals surface area (Å²) in [4.78, 5) is 6.07. The van der Waals surface area contributed by atoms with E-state index in [-0.39, 0.29) is 6.04 Å². The van der Waals surface area contributed by atoms with E-state index in [0.29, 0.717) is 0 Å². The summed E-state index contributed by atoms with van der Waals surface area (Å²) in [6.45, 7) is 0.919. The van der Waals surface area contributed by atoms with Gasteiger partial charge in [-0.1, -0.05) is 0 Å². The maximum atomic E-state index is 5.94. The highest BCUT2D eigenvalue weighted by Gasteiger charge is 2.04. The number of likely N-dealkylation sites (N-methyl/N-ethyl adjacent to an activating group) is 1. The SMILES string of the molecule is CN(C)CC(N)Cc1ccncc1. The fourth-order valence-corrected chi connectivity index (χ4v) is 1.36. The van der Waals surface area contributed by atoms with Gasteiger partial charge in [0.2, 0.25) is 0 Å². The summed E-state index contributed by atoms with van der Waals surface area (Å²) in [7, 11) is 4.07. The van der Waals surface area contributed by atoms with Crippen LogP contribution in [0.3, 0.4) is 0 Å². The van der Waals surface area contributed by atoms with Gasteiger partial charge in [0.25, 0.3) is 0 Å². The molecule has 3 heteroatoms. The molecule has 2 N–H and O–H groups in total. The summed E-state index contributed by atoms with van der Waals surface area (Å²) in [6, 6.07) is 4.22. The Morgan fingerprint density at radius 2 is 2.00 bits per heavy atom. The first-order chi connectivity index (χ1) is 6.18. The molecule has 0 aliphatic heterocycles. The number of aromatic nitrogens is 1. The van der Waals surface area contributed by atoms with Crippen LogP contribution in [0, 0.1) is 0 Å². The van der Waals surface area contributed by atoms with Crippen molar-refractivity contribution in [3.8, 4) is 0 Å². The number of nitrogens with two attached hydrogens (primary N) is 1. The smallest absolute Gasteiger partial charge is 0.0270 e. The Bertz CT molecular complexity index is 233. The standard InChI is InChI=1S/C10H17N3/c1-13(2)8-10(11)7-9-3-5-12-6-4-9/h3-6,10H,7-8,11H2,1-2H3. The Morgan fingerprint density at radius 1 is 1.38 bits per heavy atom. The van der Waals surface area contributed by atoms with E-state index in [1.807, 2.05) is 26.2 Å². The molecule has 0 aliphatic rings. The van der Waals surface area contributed by atoms with Crippen molar-refractivity contribution in [3.05, 3.63) is 30.1 Å². The Balaban J connectivity index is 2.41. The molecule has 1 unspecified atom stereocenters. The normalized spacial score (nSPS) is 13.2. The van der Waals surface area contributed by atoms with E-state index in [0.717, 1.165) is 13.0 Å². The first kappa shape index (κ1) is 10.2. The lowest BCUT2D eigenvalue weighted by molar-refractivity contribution is 0.371. The average Bonchev–Trinajstić information content (AvgIpc) is 2.04. The van der Waals surface area contributed by atoms with Crippen LogP contribution < -0.4 is 5.73 Å². The van der Waals surface area contributed by atoms with Crippen LogP contribution in [0.5, 0.6) is 0 Å². The van der Waals surface area contributed by atoms with Crippen LogP contribution in [0.15, 0.2) is 24.5 Å². The van der Waals surface area contributed by atoms with Crippen molar-refractivity contribution in [2.75, 3.05) is 20.6 Å². The third-order valence-electron chi connectivity index (χ3n) is 1.85. The predicted molar refractivity (Wildman–Crippen MR) is 54.5 cm³/mol. The molecule has 1 aromatic rings. The van der Waals surface area contributed by atoms with Crippen molar-refractivity contribution in [3.63, 3.8) is 0 Å². The molecule has 0 aromatic carbocycles. The van der Waals surface area contributed by atoms with E-state index in [9.17, 15) is 0 Å². The van der Waals surface area contributed by atoms with Crippen LogP contribution in [0.4, 0.5) is 0 Å². The zero-order chi connectivity index (χ0) is 9.68. The third kappa shape index (κ3) is 4.01. The van der Waals surface area contributed by atoms with Crippen LogP contribution in [0.1, 0.15) is 5.56 Å². The lowest BCUT2D eigenvalue weighted by Gasteiger charge is -2.16. The summed E-state index contributed by atoms with van der Waals surface area (Å²) in [5, 5.41) is 0. The summed E-state index contributed by atoms with van der Waals surface area (Å²) in [5.74, 6) is 0. The largest absolute Gasteiger partial charge is 0.326 e. The molecule has 0 bridgehead atoms. The van der Waals surface area contributed by atoms with Crippen molar-refractivity contribution >= 4 is 0 Å². The van der Waals surface area contributed by atoms with E-state index < -0.39 is 0 Å². The van der Waals surface area contributed by atoms with Crippen LogP contribution in [0.2, 0.25) is 0 Å². The number of pyridine rings is 1. The molecule has 0 aliphatic carbocycles. The molecular weight excluding hydrogens is 162 g/mol. The second kappa shape index (κ2) is 4.94. The number of hydrogen-bond donors (Lipinski definition) is 1. The van der Waals surface area contributed by atoms with Crippen molar-refractivity contribution in [2.24, 2.45) is 5.73 Å². The highest BCUT2D eigenvalue weighted by atomic mass is 15.1. The summed E-state index contributed by atoms with van der Waals surface area (Å²) < 4.78 is 0. The average molecular weight is 179 g/mol. The molecular formula is C10H17N3. The topological polar surface area (TPSA) is 42.1 Å². The molecule has 13 heavy (non-hydrogen) atoms. The van der Waals surface area contributed by atoms with Gasteiger partial charge in [0.05, 0.1) is 0 Å². The molecule has 0 amide bonds. The summed E-state index contributed by atoms with van der Waals surface area (Å²) >= 11 is 0. The first-order valence-electron chi connectivity index (χ1n) is 4.47. The monoisotopic (exact) mass is 179 g/mol. The van der Waals surface area contributed by atoms with Crippen LogP contribution in [-0.4, -0.2) is 36.6 Å². The van der Waals surface area contributed by atoms with Gasteiger partial charge >= 0.3 is 0 Å². The van der Waals surface area contributed by atoms with Crippen LogP contribution >= 0.6 is 0 Å². The highest BCUT2D eigenvalue weighted by molar-refractivity contribution is 5.11. The van der Waals surface area contributed by atoms with E-state index in [4.69, 9.17) is 5.73 Å². The Labute approximate surface area is 79.6 Å². The van der Waals surface area contributed by atoms with Crippen molar-refractivity contribution in [1.29, 1.82) is 0 Å². The van der Waals surface area contributed by atoms with E-state index in [1.165, 1.54) is 5.56 Å². The number of nitrogens with zero attached hydrogens (tertiary/aromatic N) is 2. The molecule has 0 saturated heterocycles. The molecule has 0 spiro atoms. The van der Waals surface area contributed by atoms with E-state index in [1.54, 1.807) is 12.4 Å². The fourth-order valence-electron chi connectivity index (χ4n) is 1.36. The fraction of sp³-hybridized carbons (Fsp3) is 0.500. The van der Waals surface area contributed by atoms with Gasteiger partial charge in [-0.3, -0.25) is 4.98 Å². The second-order valence-electron chi connectivity index (χ2n) is 3.58. The first-order valence-corrected chi connectivity index (χ1v) is 4.47. The lowest BCUT2D eigenvalue weighted by atomic mass is 10.1. The zero-order valence-corrected chi connectivity index (χ0v) is 8.27. The predicted octanol–water partition coefficient (Wildman–Crippen LogP) is 0.513. The molecule has 1 atom stereocenters. The van der Waals surface area contributed by atoms with Gasteiger partial charge in [-0.15, -0.1) is 0 Å².